The molecule has 1 saturated heterocycles. The molecule has 0 radical (unpaired) electrons. The Labute approximate surface area is 156 Å². The largest absolute Gasteiger partial charge is 0.480 e. The van der Waals surface area contributed by atoms with E-state index in [1.54, 1.807) is 12.1 Å². The van der Waals surface area contributed by atoms with Crippen molar-refractivity contribution in [2.45, 2.75) is 24.9 Å². The van der Waals surface area contributed by atoms with Gasteiger partial charge in [0.15, 0.2) is 0 Å². The first-order valence-electron chi connectivity index (χ1n) is 7.35. The van der Waals surface area contributed by atoms with Gasteiger partial charge in [-0.2, -0.15) is 12.6 Å². The summed E-state index contributed by atoms with van der Waals surface area (Å²) in [4.78, 5) is 23.4. The van der Waals surface area contributed by atoms with E-state index in [0.29, 0.717) is 17.3 Å². The summed E-state index contributed by atoms with van der Waals surface area (Å²) in [5.41, 5.74) is 11.0. The molecule has 6 nitrogen and oxygen atoms in total. The van der Waals surface area contributed by atoms with Crippen molar-refractivity contribution >= 4 is 47.7 Å². The molecular formula is C15H21Cl2N3O3S. The van der Waals surface area contributed by atoms with Gasteiger partial charge in [0.25, 0.3) is 0 Å². The van der Waals surface area contributed by atoms with Gasteiger partial charge in [-0.05, 0) is 31.5 Å². The lowest BCUT2D eigenvalue weighted by Crippen LogP contribution is -2.44. The van der Waals surface area contributed by atoms with Crippen molar-refractivity contribution in [2.24, 2.45) is 11.5 Å². The minimum atomic E-state index is -0.733. The number of rotatable bonds is 5. The number of carbonyl (C=O) groups excluding carboxylic acids is 1. The summed E-state index contributed by atoms with van der Waals surface area (Å²) in [5, 5.41) is 9.41. The molecule has 1 fully saturated rings. The molecule has 1 heterocycles. The van der Waals surface area contributed by atoms with Crippen molar-refractivity contribution in [2.75, 3.05) is 18.8 Å². The van der Waals surface area contributed by atoms with Gasteiger partial charge in [-0.3, -0.25) is 14.5 Å². The van der Waals surface area contributed by atoms with Crippen LogP contribution in [0.4, 0.5) is 0 Å². The molecule has 0 spiro atoms. The first kappa shape index (κ1) is 21.1. The van der Waals surface area contributed by atoms with E-state index in [-0.39, 0.29) is 22.7 Å². The standard InChI is InChI=1S/C8H16N2O2S.C7H5Cl2NO/c9-6(5-13)4-10-3-1-2-7(10)8(11)12;8-5-3-1-2-4(6(5)9)7(10)11/h6-7,13H,1-5,9H2,(H,11,12);1-3H,(H2,10,11)/t6-,7+;/m1./s1. The third kappa shape index (κ3) is 6.14. The predicted octanol–water partition coefficient (Wildman–Crippen LogP) is 1.88. The molecule has 134 valence electrons. The average molecular weight is 394 g/mol. The maximum atomic E-state index is 10.8. The third-order valence-electron chi connectivity index (χ3n) is 3.57. The van der Waals surface area contributed by atoms with E-state index >= 15 is 0 Å². The highest BCUT2D eigenvalue weighted by molar-refractivity contribution is 7.80. The van der Waals surface area contributed by atoms with Gasteiger partial charge >= 0.3 is 5.97 Å². The number of hydrogen-bond acceptors (Lipinski definition) is 5. The fourth-order valence-corrected chi connectivity index (χ4v) is 2.89. The molecule has 2 atom stereocenters. The van der Waals surface area contributed by atoms with Gasteiger partial charge in [0.2, 0.25) is 5.91 Å². The predicted molar refractivity (Wildman–Crippen MR) is 99.0 cm³/mol. The zero-order chi connectivity index (χ0) is 18.3. The maximum absolute atomic E-state index is 10.8. The van der Waals surface area contributed by atoms with Crippen LogP contribution >= 0.6 is 35.8 Å². The molecule has 1 aliphatic heterocycles. The topological polar surface area (TPSA) is 110 Å². The molecule has 1 aromatic carbocycles. The fourth-order valence-electron chi connectivity index (χ4n) is 2.38. The molecule has 0 saturated carbocycles. The minimum absolute atomic E-state index is 0.0247. The van der Waals surface area contributed by atoms with Gasteiger partial charge < -0.3 is 16.6 Å². The number of carboxylic acid groups (broad SMARTS) is 1. The molecule has 1 aromatic rings. The number of likely N-dealkylation sites (tertiary alicyclic amines) is 1. The Bertz CT molecular complexity index is 589. The molecular weight excluding hydrogens is 373 g/mol. The molecule has 24 heavy (non-hydrogen) atoms. The highest BCUT2D eigenvalue weighted by Crippen LogP contribution is 2.24. The Kier molecular flexibility index (Phi) is 8.86. The first-order chi connectivity index (χ1) is 11.3. The van der Waals surface area contributed by atoms with Gasteiger partial charge in [-0.15, -0.1) is 0 Å². The van der Waals surface area contributed by atoms with E-state index in [1.807, 2.05) is 4.90 Å². The Balaban J connectivity index is 0.000000243. The summed E-state index contributed by atoms with van der Waals surface area (Å²) in [6, 6.07) is 4.38. The SMILES string of the molecule is NC(=O)c1cccc(Cl)c1Cl.N[C@@H](CS)CN1CCC[C@H]1C(=O)O. The van der Waals surface area contributed by atoms with Crippen LogP contribution in [0.2, 0.25) is 10.0 Å². The molecule has 5 N–H and O–H groups in total. The van der Waals surface area contributed by atoms with Crippen LogP contribution in [0.3, 0.4) is 0 Å². The van der Waals surface area contributed by atoms with Crippen LogP contribution in [0.25, 0.3) is 0 Å². The lowest BCUT2D eigenvalue weighted by atomic mass is 10.2. The molecule has 1 amide bonds. The lowest BCUT2D eigenvalue weighted by molar-refractivity contribution is -0.142. The van der Waals surface area contributed by atoms with Gasteiger partial charge in [-0.25, -0.2) is 0 Å². The Morgan fingerprint density at radius 2 is 2.08 bits per heavy atom. The van der Waals surface area contributed by atoms with Crippen molar-refractivity contribution in [3.8, 4) is 0 Å². The molecule has 0 bridgehead atoms. The van der Waals surface area contributed by atoms with Crippen LogP contribution in [0, 0.1) is 0 Å². The summed E-state index contributed by atoms with van der Waals surface area (Å²) in [5.74, 6) is -0.704. The number of carboxylic acids is 1. The number of halogens is 2. The quantitative estimate of drug-likeness (QED) is 0.570. The molecule has 0 unspecified atom stereocenters. The third-order valence-corrected chi connectivity index (χ3v) is 4.86. The van der Waals surface area contributed by atoms with Crippen LogP contribution < -0.4 is 11.5 Å². The summed E-state index contributed by atoms with van der Waals surface area (Å²) >= 11 is 15.3. The van der Waals surface area contributed by atoms with E-state index in [2.05, 4.69) is 12.6 Å². The summed E-state index contributed by atoms with van der Waals surface area (Å²) < 4.78 is 0. The minimum Gasteiger partial charge on any atom is -0.480 e. The Hall–Kier alpha value is -0.990. The number of aliphatic carboxylic acids is 1. The van der Waals surface area contributed by atoms with Crippen molar-refractivity contribution in [3.05, 3.63) is 33.8 Å². The number of thiol groups is 1. The van der Waals surface area contributed by atoms with Gasteiger partial charge in [0.05, 0.1) is 15.6 Å². The zero-order valence-corrected chi connectivity index (χ0v) is 15.4. The number of amides is 1. The normalized spacial score (nSPS) is 18.6. The molecule has 2 rings (SSSR count). The smallest absolute Gasteiger partial charge is 0.320 e. The van der Waals surface area contributed by atoms with E-state index < -0.39 is 11.9 Å². The number of hydrogen-bond donors (Lipinski definition) is 4. The molecule has 9 heteroatoms. The number of carbonyl (C=O) groups is 2. The molecule has 1 aliphatic rings. The van der Waals surface area contributed by atoms with Crippen LogP contribution in [-0.4, -0.2) is 52.8 Å². The summed E-state index contributed by atoms with van der Waals surface area (Å²) in [6.07, 6.45) is 1.70. The second-order valence-electron chi connectivity index (χ2n) is 5.40. The van der Waals surface area contributed by atoms with Gasteiger partial charge in [-0.1, -0.05) is 29.3 Å². The van der Waals surface area contributed by atoms with Gasteiger partial charge in [0, 0.05) is 18.3 Å². The zero-order valence-electron chi connectivity index (χ0n) is 13.0. The lowest BCUT2D eigenvalue weighted by Gasteiger charge is -2.23. The fraction of sp³-hybridized carbons (Fsp3) is 0.467. The van der Waals surface area contributed by atoms with Crippen LogP contribution in [-0.2, 0) is 4.79 Å². The maximum Gasteiger partial charge on any atom is 0.320 e. The van der Waals surface area contributed by atoms with Crippen molar-refractivity contribution < 1.29 is 14.7 Å². The number of nitrogens with zero attached hydrogens (tertiary/aromatic N) is 1. The monoisotopic (exact) mass is 393 g/mol. The number of primary amides is 1. The summed E-state index contributed by atoms with van der Waals surface area (Å²) in [7, 11) is 0. The first-order valence-corrected chi connectivity index (χ1v) is 8.73. The number of benzene rings is 1. The van der Waals surface area contributed by atoms with Crippen LogP contribution in [0.15, 0.2) is 18.2 Å². The van der Waals surface area contributed by atoms with E-state index in [0.717, 1.165) is 19.4 Å². The van der Waals surface area contributed by atoms with Crippen LogP contribution in [0.1, 0.15) is 23.2 Å². The average Bonchev–Trinajstić information content (AvgIpc) is 2.98. The highest BCUT2D eigenvalue weighted by Gasteiger charge is 2.30. The van der Waals surface area contributed by atoms with Crippen LogP contribution in [0.5, 0.6) is 0 Å². The second-order valence-corrected chi connectivity index (χ2v) is 6.55. The molecule has 0 aromatic heterocycles. The van der Waals surface area contributed by atoms with E-state index in [9.17, 15) is 9.59 Å². The highest BCUT2D eigenvalue weighted by atomic mass is 35.5. The van der Waals surface area contributed by atoms with Crippen molar-refractivity contribution in [1.82, 2.24) is 4.90 Å². The van der Waals surface area contributed by atoms with Gasteiger partial charge in [0.1, 0.15) is 6.04 Å². The number of nitrogens with two attached hydrogens (primary N) is 2. The van der Waals surface area contributed by atoms with E-state index in [4.69, 9.17) is 39.8 Å². The molecule has 0 aliphatic carbocycles. The van der Waals surface area contributed by atoms with Crippen molar-refractivity contribution in [3.63, 3.8) is 0 Å². The van der Waals surface area contributed by atoms with Crippen molar-refractivity contribution in [1.29, 1.82) is 0 Å². The summed E-state index contributed by atoms with van der Waals surface area (Å²) in [6.45, 7) is 1.49. The second kappa shape index (κ2) is 10.1. The Morgan fingerprint density at radius 1 is 1.42 bits per heavy atom. The Morgan fingerprint density at radius 3 is 2.58 bits per heavy atom. The van der Waals surface area contributed by atoms with E-state index in [1.165, 1.54) is 6.07 Å².